The van der Waals surface area contributed by atoms with E-state index in [0.717, 1.165) is 16.5 Å². The molecule has 0 N–H and O–H groups in total. The number of ether oxygens (including phenoxy) is 1. The number of nitro benzene ring substituents is 1. The first-order chi connectivity index (χ1) is 14.5. The monoisotopic (exact) mass is 428 g/mol. The highest BCUT2D eigenvalue weighted by atomic mass is 32.1. The molecule has 10 heteroatoms. The molecule has 2 aromatic heterocycles. The molecule has 0 aliphatic carbocycles. The van der Waals surface area contributed by atoms with Crippen molar-refractivity contribution < 1.29 is 18.9 Å². The summed E-state index contributed by atoms with van der Waals surface area (Å²) >= 11 is 1.54. The van der Waals surface area contributed by atoms with Crippen molar-refractivity contribution >= 4 is 22.9 Å². The molecule has 1 aromatic carbocycles. The Morgan fingerprint density at radius 3 is 2.77 bits per heavy atom. The standard InChI is InChI=1S/C20H20N4O5S/c1-28-17-5-4-15(24(26)27)11-16(17)20(25)23-8-6-22(7-9-23)12-14-13-30-19(21-14)18-3-2-10-29-18/h2-5,10-11,13H,6-9,12H2,1H3. The largest absolute Gasteiger partial charge is 0.496 e. The predicted octanol–water partition coefficient (Wildman–Crippen LogP) is 3.28. The predicted molar refractivity (Wildman–Crippen MR) is 111 cm³/mol. The third kappa shape index (κ3) is 4.19. The smallest absolute Gasteiger partial charge is 0.270 e. The van der Waals surface area contributed by atoms with Crippen LogP contribution in [0.4, 0.5) is 5.69 Å². The van der Waals surface area contributed by atoms with Crippen molar-refractivity contribution in [2.24, 2.45) is 0 Å². The Morgan fingerprint density at radius 2 is 2.10 bits per heavy atom. The minimum Gasteiger partial charge on any atom is -0.496 e. The normalized spacial score (nSPS) is 14.6. The number of hydrogen-bond acceptors (Lipinski definition) is 8. The number of aromatic nitrogens is 1. The molecule has 1 fully saturated rings. The summed E-state index contributed by atoms with van der Waals surface area (Å²) in [5, 5.41) is 13.9. The molecule has 30 heavy (non-hydrogen) atoms. The molecule has 0 saturated carbocycles. The van der Waals surface area contributed by atoms with E-state index in [9.17, 15) is 14.9 Å². The van der Waals surface area contributed by atoms with E-state index in [0.29, 0.717) is 38.5 Å². The van der Waals surface area contributed by atoms with Gasteiger partial charge in [0, 0.05) is 50.2 Å². The second-order valence-electron chi connectivity index (χ2n) is 6.83. The number of furan rings is 1. The lowest BCUT2D eigenvalue weighted by atomic mass is 10.1. The van der Waals surface area contributed by atoms with Crippen LogP contribution in [-0.4, -0.2) is 58.9 Å². The Hall–Kier alpha value is -3.24. The number of amides is 1. The van der Waals surface area contributed by atoms with E-state index in [1.165, 1.54) is 25.3 Å². The molecule has 3 aromatic rings. The van der Waals surface area contributed by atoms with E-state index < -0.39 is 4.92 Å². The average Bonchev–Trinajstić information content (AvgIpc) is 3.45. The van der Waals surface area contributed by atoms with Gasteiger partial charge in [0.1, 0.15) is 5.75 Å². The summed E-state index contributed by atoms with van der Waals surface area (Å²) in [6.45, 7) is 3.13. The summed E-state index contributed by atoms with van der Waals surface area (Å²) in [5.74, 6) is 0.831. The van der Waals surface area contributed by atoms with Gasteiger partial charge in [0.25, 0.3) is 11.6 Å². The summed E-state index contributed by atoms with van der Waals surface area (Å²) in [7, 11) is 1.45. The number of methoxy groups -OCH3 is 1. The minimum atomic E-state index is -0.515. The molecule has 156 valence electrons. The van der Waals surface area contributed by atoms with Crippen molar-refractivity contribution in [2.75, 3.05) is 33.3 Å². The van der Waals surface area contributed by atoms with Crippen LogP contribution in [0.15, 0.2) is 46.4 Å². The van der Waals surface area contributed by atoms with E-state index in [1.54, 1.807) is 22.5 Å². The highest BCUT2D eigenvalue weighted by Gasteiger charge is 2.26. The maximum absolute atomic E-state index is 12.9. The molecular weight excluding hydrogens is 408 g/mol. The van der Waals surface area contributed by atoms with Gasteiger partial charge in [-0.1, -0.05) is 0 Å². The number of thiazole rings is 1. The van der Waals surface area contributed by atoms with Crippen molar-refractivity contribution in [2.45, 2.75) is 6.54 Å². The van der Waals surface area contributed by atoms with E-state index in [4.69, 9.17) is 9.15 Å². The zero-order chi connectivity index (χ0) is 21.1. The van der Waals surface area contributed by atoms with E-state index in [-0.39, 0.29) is 17.2 Å². The van der Waals surface area contributed by atoms with Gasteiger partial charge >= 0.3 is 0 Å². The average molecular weight is 428 g/mol. The van der Waals surface area contributed by atoms with Gasteiger partial charge in [-0.2, -0.15) is 0 Å². The quantitative estimate of drug-likeness (QED) is 0.438. The summed E-state index contributed by atoms with van der Waals surface area (Å²) < 4.78 is 10.6. The number of nitrogens with zero attached hydrogens (tertiary/aromatic N) is 4. The molecule has 0 spiro atoms. The first kappa shape index (κ1) is 20.0. The van der Waals surface area contributed by atoms with E-state index in [2.05, 4.69) is 9.88 Å². The molecular formula is C20H20N4O5S. The number of carbonyl (C=O) groups excluding carboxylic acids is 1. The summed E-state index contributed by atoms with van der Waals surface area (Å²) in [5.41, 5.74) is 1.04. The number of rotatable bonds is 6. The number of benzene rings is 1. The number of hydrogen-bond donors (Lipinski definition) is 0. The van der Waals surface area contributed by atoms with Crippen molar-refractivity contribution in [3.63, 3.8) is 0 Å². The fourth-order valence-electron chi connectivity index (χ4n) is 3.38. The lowest BCUT2D eigenvalue weighted by Crippen LogP contribution is -2.48. The van der Waals surface area contributed by atoms with Crippen LogP contribution in [0, 0.1) is 10.1 Å². The van der Waals surface area contributed by atoms with E-state index >= 15 is 0 Å². The molecule has 1 amide bonds. The summed E-state index contributed by atoms with van der Waals surface area (Å²) in [6, 6.07) is 7.79. The Balaban J connectivity index is 1.38. The lowest BCUT2D eigenvalue weighted by Gasteiger charge is -2.34. The molecule has 0 atom stereocenters. The van der Waals surface area contributed by atoms with Crippen LogP contribution in [-0.2, 0) is 6.54 Å². The van der Waals surface area contributed by atoms with Crippen LogP contribution in [0.25, 0.3) is 10.8 Å². The second kappa shape index (κ2) is 8.64. The summed E-state index contributed by atoms with van der Waals surface area (Å²) in [4.78, 5) is 32.0. The van der Waals surface area contributed by atoms with Gasteiger partial charge in [-0.15, -0.1) is 11.3 Å². The topological polar surface area (TPSA) is 102 Å². The number of nitro groups is 1. The van der Waals surface area contributed by atoms with E-state index in [1.807, 2.05) is 17.5 Å². The van der Waals surface area contributed by atoms with Crippen molar-refractivity contribution in [1.82, 2.24) is 14.8 Å². The Bertz CT molecular complexity index is 1040. The third-order valence-corrected chi connectivity index (χ3v) is 5.86. The fraction of sp³-hybridized carbons (Fsp3) is 0.300. The molecule has 0 unspecified atom stereocenters. The molecule has 1 aliphatic heterocycles. The highest BCUT2D eigenvalue weighted by molar-refractivity contribution is 7.13. The first-order valence-corrected chi connectivity index (χ1v) is 10.3. The molecule has 9 nitrogen and oxygen atoms in total. The van der Waals surface area contributed by atoms with Crippen LogP contribution in [0.5, 0.6) is 5.75 Å². The van der Waals surface area contributed by atoms with Crippen LogP contribution in [0.2, 0.25) is 0 Å². The summed E-state index contributed by atoms with van der Waals surface area (Å²) in [6.07, 6.45) is 1.63. The van der Waals surface area contributed by atoms with Gasteiger partial charge < -0.3 is 14.1 Å². The van der Waals surface area contributed by atoms with Crippen LogP contribution in [0.1, 0.15) is 16.1 Å². The molecule has 0 bridgehead atoms. The molecule has 3 heterocycles. The van der Waals surface area contributed by atoms with Crippen molar-refractivity contribution in [3.8, 4) is 16.5 Å². The maximum Gasteiger partial charge on any atom is 0.270 e. The number of piperazine rings is 1. The number of carbonyl (C=O) groups is 1. The zero-order valence-electron chi connectivity index (χ0n) is 16.3. The van der Waals surface area contributed by atoms with Gasteiger partial charge in [-0.25, -0.2) is 4.98 Å². The van der Waals surface area contributed by atoms with Crippen LogP contribution in [0.3, 0.4) is 0 Å². The fourth-order valence-corrected chi connectivity index (χ4v) is 4.16. The van der Waals surface area contributed by atoms with Gasteiger partial charge in [-0.05, 0) is 18.2 Å². The Labute approximate surface area is 176 Å². The van der Waals surface area contributed by atoms with Crippen molar-refractivity contribution in [3.05, 3.63) is 63.3 Å². The first-order valence-electron chi connectivity index (χ1n) is 9.37. The minimum absolute atomic E-state index is 0.131. The third-order valence-electron chi connectivity index (χ3n) is 4.95. The lowest BCUT2D eigenvalue weighted by molar-refractivity contribution is -0.384. The number of non-ortho nitro benzene ring substituents is 1. The van der Waals surface area contributed by atoms with Gasteiger partial charge in [-0.3, -0.25) is 19.8 Å². The van der Waals surface area contributed by atoms with Gasteiger partial charge in [0.2, 0.25) is 0 Å². The van der Waals surface area contributed by atoms with Crippen molar-refractivity contribution in [1.29, 1.82) is 0 Å². The Morgan fingerprint density at radius 1 is 1.30 bits per heavy atom. The van der Waals surface area contributed by atoms with Gasteiger partial charge in [0.05, 0.1) is 29.6 Å². The second-order valence-corrected chi connectivity index (χ2v) is 7.69. The molecule has 1 saturated heterocycles. The van der Waals surface area contributed by atoms with Gasteiger partial charge in [0.15, 0.2) is 10.8 Å². The zero-order valence-corrected chi connectivity index (χ0v) is 17.1. The Kier molecular flexibility index (Phi) is 5.77. The van der Waals surface area contributed by atoms with Crippen LogP contribution < -0.4 is 4.74 Å². The SMILES string of the molecule is COc1ccc([N+](=O)[O-])cc1C(=O)N1CCN(Cc2csc(-c3ccco3)n2)CC1. The molecule has 1 aliphatic rings. The van der Waals surface area contributed by atoms with Crippen LogP contribution >= 0.6 is 11.3 Å². The molecule has 4 rings (SSSR count). The molecule has 0 radical (unpaired) electrons. The highest BCUT2D eigenvalue weighted by Crippen LogP contribution is 2.27. The maximum atomic E-state index is 12.9.